The molecule has 0 N–H and O–H groups in total. The van der Waals surface area contributed by atoms with Crippen LogP contribution < -0.4 is 4.90 Å². The minimum Gasteiger partial charge on any atom is -0.443 e. The second kappa shape index (κ2) is 6.32. The highest BCUT2D eigenvalue weighted by Gasteiger charge is 2.28. The Kier molecular flexibility index (Phi) is 4.63. The summed E-state index contributed by atoms with van der Waals surface area (Å²) in [6, 6.07) is 6.33. The molecule has 6 heteroatoms. The van der Waals surface area contributed by atoms with Crippen molar-refractivity contribution in [3.63, 3.8) is 0 Å². The number of nitrogens with zero attached hydrogens (tertiary/aromatic N) is 2. The van der Waals surface area contributed by atoms with E-state index in [0.29, 0.717) is 6.07 Å². The lowest BCUT2D eigenvalue weighted by Crippen LogP contribution is -2.34. The molecule has 1 aromatic heterocycles. The molecule has 1 aromatic carbocycles. The third-order valence-electron chi connectivity index (χ3n) is 2.86. The number of anilines is 2. The first kappa shape index (κ1) is 16.9. The van der Waals surface area contributed by atoms with E-state index < -0.39 is 23.3 Å². The molecule has 1 heterocycles. The van der Waals surface area contributed by atoms with Gasteiger partial charge in [0.15, 0.2) is 0 Å². The highest BCUT2D eigenvalue weighted by Crippen LogP contribution is 2.29. The molecule has 0 saturated carbocycles. The van der Waals surface area contributed by atoms with Gasteiger partial charge in [0.25, 0.3) is 0 Å². The second-order valence-electron chi connectivity index (χ2n) is 6.10. The van der Waals surface area contributed by atoms with E-state index in [4.69, 9.17) is 4.74 Å². The Morgan fingerprint density at radius 1 is 1.17 bits per heavy atom. The summed E-state index contributed by atoms with van der Waals surface area (Å²) in [6.07, 6.45) is 0.713. The summed E-state index contributed by atoms with van der Waals surface area (Å²) in [5, 5.41) is 0. The maximum Gasteiger partial charge on any atom is 0.420 e. The van der Waals surface area contributed by atoms with Crippen LogP contribution in [0.1, 0.15) is 26.3 Å². The van der Waals surface area contributed by atoms with Crippen molar-refractivity contribution < 1.29 is 18.3 Å². The average Bonchev–Trinajstić information content (AvgIpc) is 2.39. The fraction of sp³-hybridized carbons (Fsp3) is 0.294. The first-order valence-electron chi connectivity index (χ1n) is 7.08. The molecule has 0 atom stereocenters. The predicted molar refractivity (Wildman–Crippen MR) is 83.7 cm³/mol. The van der Waals surface area contributed by atoms with Gasteiger partial charge in [-0.25, -0.2) is 23.5 Å². The summed E-state index contributed by atoms with van der Waals surface area (Å²) < 4.78 is 32.6. The van der Waals surface area contributed by atoms with Crippen molar-refractivity contribution in [2.24, 2.45) is 0 Å². The van der Waals surface area contributed by atoms with E-state index in [1.807, 2.05) is 6.92 Å². The number of rotatable bonds is 2. The van der Waals surface area contributed by atoms with Crippen LogP contribution in [-0.2, 0) is 4.74 Å². The molecule has 0 radical (unpaired) electrons. The van der Waals surface area contributed by atoms with Crippen molar-refractivity contribution in [3.8, 4) is 0 Å². The molecule has 0 aliphatic carbocycles. The number of halogens is 2. The largest absolute Gasteiger partial charge is 0.443 e. The number of aromatic nitrogens is 1. The Morgan fingerprint density at radius 3 is 2.43 bits per heavy atom. The van der Waals surface area contributed by atoms with Crippen molar-refractivity contribution in [1.82, 2.24) is 4.98 Å². The number of carbonyl (C=O) groups is 1. The molecule has 0 saturated heterocycles. The fourth-order valence-corrected chi connectivity index (χ4v) is 1.93. The lowest BCUT2D eigenvalue weighted by atomic mass is 10.2. The maximum atomic E-state index is 14.2. The molecule has 0 fully saturated rings. The predicted octanol–water partition coefficient (Wildman–Crippen LogP) is 4.74. The summed E-state index contributed by atoms with van der Waals surface area (Å²) in [4.78, 5) is 17.6. The van der Waals surface area contributed by atoms with E-state index in [-0.39, 0.29) is 11.5 Å². The van der Waals surface area contributed by atoms with Gasteiger partial charge in [-0.2, -0.15) is 0 Å². The van der Waals surface area contributed by atoms with Crippen LogP contribution in [0.15, 0.2) is 36.5 Å². The Bertz CT molecular complexity index is 727. The molecular weight excluding hydrogens is 302 g/mol. The molecule has 4 nitrogen and oxygen atoms in total. The number of ether oxygens (including phenoxy) is 1. The zero-order chi connectivity index (χ0) is 17.2. The molecule has 2 rings (SSSR count). The van der Waals surface area contributed by atoms with Gasteiger partial charge >= 0.3 is 6.09 Å². The lowest BCUT2D eigenvalue weighted by molar-refractivity contribution is 0.0597. The van der Waals surface area contributed by atoms with Crippen molar-refractivity contribution in [3.05, 3.63) is 53.7 Å². The summed E-state index contributed by atoms with van der Waals surface area (Å²) in [5.41, 5.74) is -0.0554. The maximum absolute atomic E-state index is 14.2. The van der Waals surface area contributed by atoms with E-state index >= 15 is 0 Å². The Balaban J connectivity index is 2.53. The van der Waals surface area contributed by atoms with E-state index in [1.54, 1.807) is 32.9 Å². The van der Waals surface area contributed by atoms with Crippen LogP contribution in [0, 0.1) is 18.6 Å². The summed E-state index contributed by atoms with van der Waals surface area (Å²) in [5.74, 6) is -1.41. The molecule has 122 valence electrons. The van der Waals surface area contributed by atoms with Crippen molar-refractivity contribution in [1.29, 1.82) is 0 Å². The number of carbonyl (C=O) groups excluding carboxylic acids is 1. The second-order valence-corrected chi connectivity index (χ2v) is 6.10. The topological polar surface area (TPSA) is 42.4 Å². The van der Waals surface area contributed by atoms with E-state index in [1.165, 1.54) is 12.3 Å². The number of benzene rings is 1. The molecule has 0 spiro atoms. The number of hydrogen-bond donors (Lipinski definition) is 0. The Labute approximate surface area is 133 Å². The zero-order valence-electron chi connectivity index (χ0n) is 13.4. The van der Waals surface area contributed by atoms with Crippen LogP contribution in [0.25, 0.3) is 0 Å². The highest BCUT2D eigenvalue weighted by atomic mass is 19.1. The first-order chi connectivity index (χ1) is 10.7. The van der Waals surface area contributed by atoms with Gasteiger partial charge in [0.2, 0.25) is 0 Å². The number of aryl methyl sites for hydroxylation is 1. The molecule has 2 aromatic rings. The Hall–Kier alpha value is -2.50. The first-order valence-corrected chi connectivity index (χ1v) is 7.08. The molecule has 1 amide bonds. The third kappa shape index (κ3) is 4.25. The fourth-order valence-electron chi connectivity index (χ4n) is 1.93. The lowest BCUT2D eigenvalue weighted by Gasteiger charge is -2.27. The van der Waals surface area contributed by atoms with Crippen LogP contribution in [0.3, 0.4) is 0 Å². The van der Waals surface area contributed by atoms with Gasteiger partial charge in [-0.05, 0) is 57.5 Å². The normalized spacial score (nSPS) is 11.2. The molecule has 0 aliphatic heterocycles. The summed E-state index contributed by atoms with van der Waals surface area (Å²) in [7, 11) is 0. The van der Waals surface area contributed by atoms with Crippen LogP contribution >= 0.6 is 0 Å². The summed E-state index contributed by atoms with van der Waals surface area (Å²) in [6.45, 7) is 6.93. The highest BCUT2D eigenvalue weighted by molar-refractivity contribution is 5.95. The third-order valence-corrected chi connectivity index (χ3v) is 2.86. The zero-order valence-corrected chi connectivity index (χ0v) is 13.4. The van der Waals surface area contributed by atoms with Crippen LogP contribution in [0.2, 0.25) is 0 Å². The van der Waals surface area contributed by atoms with Crippen LogP contribution in [-0.4, -0.2) is 16.7 Å². The quantitative estimate of drug-likeness (QED) is 0.802. The molecular formula is C17H18F2N2O2. The monoisotopic (exact) mass is 320 g/mol. The van der Waals surface area contributed by atoms with Crippen molar-refractivity contribution in [2.45, 2.75) is 33.3 Å². The average molecular weight is 320 g/mol. The smallest absolute Gasteiger partial charge is 0.420 e. The van der Waals surface area contributed by atoms with Gasteiger partial charge in [-0.1, -0.05) is 0 Å². The van der Waals surface area contributed by atoms with Gasteiger partial charge in [-0.15, -0.1) is 0 Å². The van der Waals surface area contributed by atoms with E-state index in [0.717, 1.165) is 16.5 Å². The number of pyridine rings is 1. The van der Waals surface area contributed by atoms with Crippen molar-refractivity contribution in [2.75, 3.05) is 4.90 Å². The molecule has 0 aliphatic rings. The van der Waals surface area contributed by atoms with Crippen LogP contribution in [0.4, 0.5) is 25.1 Å². The van der Waals surface area contributed by atoms with Gasteiger partial charge in [0, 0.05) is 12.3 Å². The van der Waals surface area contributed by atoms with Crippen molar-refractivity contribution >= 4 is 17.6 Å². The molecule has 23 heavy (non-hydrogen) atoms. The van der Waals surface area contributed by atoms with Gasteiger partial charge in [0.1, 0.15) is 23.1 Å². The SMILES string of the molecule is Cc1ccnc(N(C(=O)OC(C)(C)C)c2ccc(F)cc2F)c1. The van der Waals surface area contributed by atoms with Crippen LogP contribution in [0.5, 0.6) is 0 Å². The van der Waals surface area contributed by atoms with Gasteiger partial charge < -0.3 is 4.74 Å². The van der Waals surface area contributed by atoms with E-state index in [2.05, 4.69) is 4.98 Å². The summed E-state index contributed by atoms with van der Waals surface area (Å²) >= 11 is 0. The standard InChI is InChI=1S/C17H18F2N2O2/c1-11-7-8-20-15(9-11)21(16(22)23-17(2,3)4)14-6-5-12(18)10-13(14)19/h5-10H,1-4H3. The number of amides is 1. The van der Waals surface area contributed by atoms with E-state index in [9.17, 15) is 13.6 Å². The number of hydrogen-bond acceptors (Lipinski definition) is 3. The molecule has 0 bridgehead atoms. The Morgan fingerprint density at radius 2 is 1.87 bits per heavy atom. The van der Waals surface area contributed by atoms with Gasteiger partial charge in [-0.3, -0.25) is 0 Å². The minimum atomic E-state index is -0.876. The minimum absolute atomic E-state index is 0.126. The molecule has 0 unspecified atom stereocenters. The van der Waals surface area contributed by atoms with Gasteiger partial charge in [0.05, 0.1) is 5.69 Å².